The molecule has 0 aliphatic carbocycles. The van der Waals surface area contributed by atoms with Crippen molar-refractivity contribution in [2.75, 3.05) is 18.5 Å². The number of rotatable bonds is 7. The zero-order chi connectivity index (χ0) is 25.0. The van der Waals surface area contributed by atoms with E-state index in [2.05, 4.69) is 30.6 Å². The number of aliphatic hydroxyl groups is 1. The standard InChI is InChI=1S/C23H18F4N6O2/c24-10-13-9-14(22(35)29-7-8-34)11-31-20(13)18-3-2-16-17(5-6-28-21(16)33-18)32-19-4-1-15(12-30-19)23(25,26)27/h1-6,9,11-12,34H,7-8,10H2,(H,29,35)(H,28,30,32,33). The van der Waals surface area contributed by atoms with Crippen molar-refractivity contribution in [1.82, 2.24) is 25.3 Å². The Labute approximate surface area is 196 Å². The van der Waals surface area contributed by atoms with Crippen LogP contribution in [0.15, 0.2) is 55.0 Å². The first-order valence-electron chi connectivity index (χ1n) is 10.3. The Hall–Kier alpha value is -4.19. The summed E-state index contributed by atoms with van der Waals surface area (Å²) in [5.41, 5.74) is 0.789. The van der Waals surface area contributed by atoms with Gasteiger partial charge in [-0.25, -0.2) is 19.3 Å². The third-order valence-electron chi connectivity index (χ3n) is 4.97. The topological polar surface area (TPSA) is 113 Å². The number of carbonyl (C=O) groups is 1. The molecule has 3 N–H and O–H groups in total. The second-order valence-corrected chi connectivity index (χ2v) is 7.33. The van der Waals surface area contributed by atoms with Crippen LogP contribution >= 0.6 is 0 Å². The molecule has 4 heterocycles. The maximum Gasteiger partial charge on any atom is 0.417 e. The van der Waals surface area contributed by atoms with Crippen molar-refractivity contribution in [3.63, 3.8) is 0 Å². The summed E-state index contributed by atoms with van der Waals surface area (Å²) >= 11 is 0. The first kappa shape index (κ1) is 24.0. The van der Waals surface area contributed by atoms with Crippen LogP contribution in [0.5, 0.6) is 0 Å². The average molecular weight is 486 g/mol. The van der Waals surface area contributed by atoms with Gasteiger partial charge in [0.2, 0.25) is 0 Å². The molecule has 0 spiro atoms. The molecule has 0 fully saturated rings. The van der Waals surface area contributed by atoms with Gasteiger partial charge in [-0.2, -0.15) is 13.2 Å². The molecule has 180 valence electrons. The van der Waals surface area contributed by atoms with Crippen LogP contribution in [-0.4, -0.2) is 44.1 Å². The lowest BCUT2D eigenvalue weighted by atomic mass is 10.1. The fourth-order valence-corrected chi connectivity index (χ4v) is 3.28. The Bertz CT molecular complexity index is 1360. The highest BCUT2D eigenvalue weighted by Crippen LogP contribution is 2.31. The number of amides is 1. The lowest BCUT2D eigenvalue weighted by Crippen LogP contribution is -2.26. The minimum Gasteiger partial charge on any atom is -0.395 e. The van der Waals surface area contributed by atoms with Crippen molar-refractivity contribution < 1.29 is 27.5 Å². The zero-order valence-corrected chi connectivity index (χ0v) is 18.0. The van der Waals surface area contributed by atoms with E-state index in [-0.39, 0.29) is 41.4 Å². The molecule has 0 bridgehead atoms. The smallest absolute Gasteiger partial charge is 0.395 e. The van der Waals surface area contributed by atoms with E-state index in [0.717, 1.165) is 12.3 Å². The van der Waals surface area contributed by atoms with E-state index in [0.29, 0.717) is 16.8 Å². The summed E-state index contributed by atoms with van der Waals surface area (Å²) in [4.78, 5) is 28.7. The Balaban J connectivity index is 1.63. The summed E-state index contributed by atoms with van der Waals surface area (Å²) in [6.07, 6.45) is -0.999. The molecule has 0 unspecified atom stereocenters. The fourth-order valence-electron chi connectivity index (χ4n) is 3.28. The van der Waals surface area contributed by atoms with Crippen LogP contribution < -0.4 is 10.6 Å². The number of hydrogen-bond donors (Lipinski definition) is 3. The van der Waals surface area contributed by atoms with Crippen LogP contribution in [-0.2, 0) is 12.9 Å². The van der Waals surface area contributed by atoms with Gasteiger partial charge in [0.25, 0.3) is 5.91 Å². The number of alkyl halides is 4. The van der Waals surface area contributed by atoms with Crippen LogP contribution in [0.2, 0.25) is 0 Å². The van der Waals surface area contributed by atoms with Crippen molar-refractivity contribution in [3.8, 4) is 11.4 Å². The highest BCUT2D eigenvalue weighted by molar-refractivity contribution is 5.95. The number of halogens is 4. The zero-order valence-electron chi connectivity index (χ0n) is 18.0. The second kappa shape index (κ2) is 9.97. The molecule has 1 amide bonds. The van der Waals surface area contributed by atoms with Gasteiger partial charge in [0.05, 0.1) is 34.8 Å². The number of fused-ring (bicyclic) bond motifs is 1. The lowest BCUT2D eigenvalue weighted by Gasteiger charge is -2.12. The predicted octanol–water partition coefficient (Wildman–Crippen LogP) is 4.04. The van der Waals surface area contributed by atoms with Gasteiger partial charge in [0.15, 0.2) is 5.65 Å². The molecule has 0 aliphatic heterocycles. The maximum absolute atomic E-state index is 13.7. The third-order valence-corrected chi connectivity index (χ3v) is 4.97. The van der Waals surface area contributed by atoms with Crippen molar-refractivity contribution in [1.29, 1.82) is 0 Å². The minimum atomic E-state index is -4.48. The van der Waals surface area contributed by atoms with E-state index in [1.165, 1.54) is 24.5 Å². The molecule has 0 radical (unpaired) electrons. The van der Waals surface area contributed by atoms with Gasteiger partial charge in [0, 0.05) is 36.1 Å². The molecule has 0 aromatic carbocycles. The molecule has 0 aliphatic rings. The number of pyridine rings is 4. The third kappa shape index (κ3) is 5.32. The van der Waals surface area contributed by atoms with Gasteiger partial charge in [-0.1, -0.05) is 0 Å². The summed E-state index contributed by atoms with van der Waals surface area (Å²) in [5, 5.41) is 14.8. The Morgan fingerprint density at radius 1 is 1.03 bits per heavy atom. The molecular weight excluding hydrogens is 468 g/mol. The second-order valence-electron chi connectivity index (χ2n) is 7.33. The van der Waals surface area contributed by atoms with Gasteiger partial charge in [-0.05, 0) is 36.4 Å². The number of nitrogens with one attached hydrogen (secondary N) is 2. The van der Waals surface area contributed by atoms with Gasteiger partial charge in [-0.3, -0.25) is 9.78 Å². The molecular formula is C23H18F4N6O2. The van der Waals surface area contributed by atoms with Crippen LogP contribution in [0.1, 0.15) is 21.5 Å². The highest BCUT2D eigenvalue weighted by atomic mass is 19.4. The first-order chi connectivity index (χ1) is 16.8. The first-order valence-corrected chi connectivity index (χ1v) is 10.3. The van der Waals surface area contributed by atoms with Crippen molar-refractivity contribution in [2.45, 2.75) is 12.9 Å². The summed E-state index contributed by atoms with van der Waals surface area (Å²) in [6.45, 7) is -1.06. The maximum atomic E-state index is 13.7. The van der Waals surface area contributed by atoms with E-state index in [1.807, 2.05) is 0 Å². The quantitative estimate of drug-likeness (QED) is 0.338. The molecule has 0 atom stereocenters. The number of carbonyl (C=O) groups excluding carboxylic acids is 1. The van der Waals surface area contributed by atoms with Crippen LogP contribution in [0, 0.1) is 0 Å². The Kier molecular flexibility index (Phi) is 6.82. The van der Waals surface area contributed by atoms with E-state index in [4.69, 9.17) is 5.11 Å². The van der Waals surface area contributed by atoms with Crippen LogP contribution in [0.4, 0.5) is 29.1 Å². The number of anilines is 2. The molecule has 4 rings (SSSR count). The van der Waals surface area contributed by atoms with E-state index in [1.54, 1.807) is 18.2 Å². The lowest BCUT2D eigenvalue weighted by molar-refractivity contribution is -0.137. The normalized spacial score (nSPS) is 11.5. The van der Waals surface area contributed by atoms with Crippen LogP contribution in [0.25, 0.3) is 22.4 Å². The van der Waals surface area contributed by atoms with Gasteiger partial charge >= 0.3 is 6.18 Å². The van der Waals surface area contributed by atoms with Gasteiger partial charge in [-0.15, -0.1) is 0 Å². The van der Waals surface area contributed by atoms with E-state index in [9.17, 15) is 22.4 Å². The van der Waals surface area contributed by atoms with Gasteiger partial charge < -0.3 is 15.7 Å². The number of aromatic nitrogens is 4. The van der Waals surface area contributed by atoms with E-state index >= 15 is 0 Å². The molecule has 0 saturated heterocycles. The van der Waals surface area contributed by atoms with Crippen molar-refractivity contribution >= 4 is 28.4 Å². The fraction of sp³-hybridized carbons (Fsp3) is 0.174. The van der Waals surface area contributed by atoms with E-state index < -0.39 is 24.3 Å². The average Bonchev–Trinajstić information content (AvgIpc) is 2.86. The molecule has 35 heavy (non-hydrogen) atoms. The van der Waals surface area contributed by atoms with Crippen LogP contribution in [0.3, 0.4) is 0 Å². The largest absolute Gasteiger partial charge is 0.417 e. The Morgan fingerprint density at radius 3 is 2.54 bits per heavy atom. The predicted molar refractivity (Wildman–Crippen MR) is 120 cm³/mol. The summed E-state index contributed by atoms with van der Waals surface area (Å²) in [5.74, 6) is -0.292. The monoisotopic (exact) mass is 486 g/mol. The molecule has 0 saturated carbocycles. The minimum absolute atomic E-state index is 0.0573. The number of nitrogens with zero attached hydrogens (tertiary/aromatic N) is 4. The number of aliphatic hydroxyl groups excluding tert-OH is 1. The highest BCUT2D eigenvalue weighted by Gasteiger charge is 2.30. The SMILES string of the molecule is O=C(NCCO)c1cnc(-c2ccc3c(Nc4ccc(C(F)(F)F)cn4)ccnc3n2)c(CF)c1. The summed E-state index contributed by atoms with van der Waals surface area (Å²) < 4.78 is 52.0. The molecule has 12 heteroatoms. The summed E-state index contributed by atoms with van der Waals surface area (Å²) in [6, 6.07) is 8.39. The van der Waals surface area contributed by atoms with Crippen molar-refractivity contribution in [2.24, 2.45) is 0 Å². The Morgan fingerprint density at radius 2 is 1.86 bits per heavy atom. The molecule has 4 aromatic rings. The number of hydrogen-bond acceptors (Lipinski definition) is 7. The van der Waals surface area contributed by atoms with Gasteiger partial charge in [0.1, 0.15) is 12.5 Å². The summed E-state index contributed by atoms with van der Waals surface area (Å²) in [7, 11) is 0. The van der Waals surface area contributed by atoms with Crippen molar-refractivity contribution in [3.05, 3.63) is 71.7 Å². The molecule has 4 aromatic heterocycles. The molecule has 8 nitrogen and oxygen atoms in total.